The molecule has 0 amide bonds. The summed E-state index contributed by atoms with van der Waals surface area (Å²) in [5.41, 5.74) is 0.871. The zero-order chi connectivity index (χ0) is 12.5. The van der Waals surface area contributed by atoms with Crippen LogP contribution in [0.25, 0.3) is 0 Å². The Morgan fingerprint density at radius 2 is 2.22 bits per heavy atom. The standard InChI is InChI=1S/C12H13BrN4O/c1-7-4-9(17-18-7)6-14-11-5-10(13)15-12(16-11)8-2-3-8/h4-5,8H,2-3,6H2,1H3,(H,14,15,16). The Labute approximate surface area is 113 Å². The highest BCUT2D eigenvalue weighted by atomic mass is 79.9. The fraction of sp³-hybridized carbons (Fsp3) is 0.417. The largest absolute Gasteiger partial charge is 0.364 e. The first-order valence-electron chi connectivity index (χ1n) is 5.91. The second-order valence-electron chi connectivity index (χ2n) is 4.49. The van der Waals surface area contributed by atoms with Gasteiger partial charge in [-0.2, -0.15) is 0 Å². The fourth-order valence-corrected chi connectivity index (χ4v) is 2.13. The van der Waals surface area contributed by atoms with Crippen LogP contribution >= 0.6 is 15.9 Å². The molecule has 94 valence electrons. The van der Waals surface area contributed by atoms with Crippen LogP contribution < -0.4 is 5.32 Å². The smallest absolute Gasteiger partial charge is 0.135 e. The first-order chi connectivity index (χ1) is 8.70. The molecular weight excluding hydrogens is 296 g/mol. The van der Waals surface area contributed by atoms with Crippen LogP contribution in [0.15, 0.2) is 21.3 Å². The number of nitrogens with zero attached hydrogens (tertiary/aromatic N) is 3. The van der Waals surface area contributed by atoms with Crippen molar-refractivity contribution in [2.45, 2.75) is 32.2 Å². The molecule has 18 heavy (non-hydrogen) atoms. The van der Waals surface area contributed by atoms with Crippen LogP contribution in [0.1, 0.15) is 36.0 Å². The van der Waals surface area contributed by atoms with E-state index in [0.29, 0.717) is 12.5 Å². The Morgan fingerprint density at radius 3 is 2.89 bits per heavy atom. The number of nitrogens with one attached hydrogen (secondary N) is 1. The van der Waals surface area contributed by atoms with E-state index in [9.17, 15) is 0 Å². The average Bonchev–Trinajstić information content (AvgIpc) is 3.10. The van der Waals surface area contributed by atoms with Crippen molar-refractivity contribution in [1.82, 2.24) is 15.1 Å². The molecule has 0 unspecified atom stereocenters. The van der Waals surface area contributed by atoms with Gasteiger partial charge in [0.2, 0.25) is 0 Å². The van der Waals surface area contributed by atoms with E-state index in [1.807, 2.05) is 19.1 Å². The summed E-state index contributed by atoms with van der Waals surface area (Å²) in [6.07, 6.45) is 2.39. The third-order valence-electron chi connectivity index (χ3n) is 2.78. The monoisotopic (exact) mass is 308 g/mol. The highest BCUT2D eigenvalue weighted by Crippen LogP contribution is 2.38. The quantitative estimate of drug-likeness (QED) is 0.880. The molecule has 0 radical (unpaired) electrons. The van der Waals surface area contributed by atoms with E-state index in [1.165, 1.54) is 12.8 Å². The van der Waals surface area contributed by atoms with Gasteiger partial charge in [0.15, 0.2) is 0 Å². The second-order valence-corrected chi connectivity index (χ2v) is 5.30. The van der Waals surface area contributed by atoms with Crippen molar-refractivity contribution < 1.29 is 4.52 Å². The molecule has 0 bridgehead atoms. The Bertz CT molecular complexity index is 565. The van der Waals surface area contributed by atoms with Gasteiger partial charge in [0.1, 0.15) is 27.7 Å². The second kappa shape index (κ2) is 4.68. The van der Waals surface area contributed by atoms with Crippen molar-refractivity contribution in [3.63, 3.8) is 0 Å². The number of aryl methyl sites for hydroxylation is 1. The number of hydrogen-bond acceptors (Lipinski definition) is 5. The SMILES string of the molecule is Cc1cc(CNc2cc(Br)nc(C3CC3)n2)no1. The Hall–Kier alpha value is -1.43. The molecule has 1 aliphatic rings. The van der Waals surface area contributed by atoms with E-state index < -0.39 is 0 Å². The van der Waals surface area contributed by atoms with Crippen LogP contribution in [0.2, 0.25) is 0 Å². The molecule has 2 aromatic heterocycles. The highest BCUT2D eigenvalue weighted by molar-refractivity contribution is 9.10. The lowest BCUT2D eigenvalue weighted by molar-refractivity contribution is 0.391. The summed E-state index contributed by atoms with van der Waals surface area (Å²) in [6, 6.07) is 3.78. The Kier molecular flexibility index (Phi) is 3.03. The summed E-state index contributed by atoms with van der Waals surface area (Å²) < 4.78 is 5.83. The van der Waals surface area contributed by atoms with Crippen LogP contribution in [-0.4, -0.2) is 15.1 Å². The van der Waals surface area contributed by atoms with E-state index in [0.717, 1.165) is 27.7 Å². The third-order valence-corrected chi connectivity index (χ3v) is 3.19. The van der Waals surface area contributed by atoms with Crippen LogP contribution in [0.5, 0.6) is 0 Å². The lowest BCUT2D eigenvalue weighted by atomic mass is 10.3. The van der Waals surface area contributed by atoms with Gasteiger partial charge in [-0.3, -0.25) is 0 Å². The molecule has 0 spiro atoms. The summed E-state index contributed by atoms with van der Waals surface area (Å²) in [6.45, 7) is 2.48. The number of halogens is 1. The zero-order valence-corrected chi connectivity index (χ0v) is 11.6. The molecule has 0 aromatic carbocycles. The third kappa shape index (κ3) is 2.69. The van der Waals surface area contributed by atoms with Crippen molar-refractivity contribution in [2.75, 3.05) is 5.32 Å². The fourth-order valence-electron chi connectivity index (χ4n) is 1.73. The van der Waals surface area contributed by atoms with Gasteiger partial charge >= 0.3 is 0 Å². The Balaban J connectivity index is 1.71. The molecule has 6 heteroatoms. The molecule has 5 nitrogen and oxygen atoms in total. The summed E-state index contributed by atoms with van der Waals surface area (Å²) in [4.78, 5) is 8.89. The molecular formula is C12H13BrN4O. The molecule has 1 saturated carbocycles. The van der Waals surface area contributed by atoms with Crippen LogP contribution in [0, 0.1) is 6.92 Å². The van der Waals surface area contributed by atoms with Gasteiger partial charge in [-0.1, -0.05) is 5.16 Å². The first kappa shape index (κ1) is 11.6. The van der Waals surface area contributed by atoms with Crippen molar-refractivity contribution in [1.29, 1.82) is 0 Å². The number of anilines is 1. The van der Waals surface area contributed by atoms with Crippen LogP contribution in [-0.2, 0) is 6.54 Å². The summed E-state index contributed by atoms with van der Waals surface area (Å²) >= 11 is 3.41. The van der Waals surface area contributed by atoms with Crippen molar-refractivity contribution in [2.24, 2.45) is 0 Å². The lowest BCUT2D eigenvalue weighted by Crippen LogP contribution is -2.04. The molecule has 1 aliphatic carbocycles. The van der Waals surface area contributed by atoms with Crippen molar-refractivity contribution >= 4 is 21.7 Å². The average molecular weight is 309 g/mol. The molecule has 1 fully saturated rings. The van der Waals surface area contributed by atoms with E-state index in [-0.39, 0.29) is 0 Å². The lowest BCUT2D eigenvalue weighted by Gasteiger charge is -2.05. The molecule has 0 saturated heterocycles. The highest BCUT2D eigenvalue weighted by Gasteiger charge is 2.27. The summed E-state index contributed by atoms with van der Waals surface area (Å²) in [7, 11) is 0. The number of aromatic nitrogens is 3. The molecule has 1 N–H and O–H groups in total. The normalized spacial score (nSPS) is 14.8. The van der Waals surface area contributed by atoms with E-state index in [1.54, 1.807) is 0 Å². The van der Waals surface area contributed by atoms with E-state index in [4.69, 9.17) is 4.52 Å². The zero-order valence-electron chi connectivity index (χ0n) is 9.98. The predicted octanol–water partition coefficient (Wildman–Crippen LogP) is 3.03. The van der Waals surface area contributed by atoms with Gasteiger partial charge in [0.25, 0.3) is 0 Å². The van der Waals surface area contributed by atoms with E-state index in [2.05, 4.69) is 36.4 Å². The van der Waals surface area contributed by atoms with Gasteiger partial charge < -0.3 is 9.84 Å². The minimum atomic E-state index is 0.539. The van der Waals surface area contributed by atoms with Gasteiger partial charge in [0, 0.05) is 18.1 Å². The molecule has 0 atom stereocenters. The maximum absolute atomic E-state index is 5.02. The molecule has 2 aromatic rings. The number of hydrogen-bond donors (Lipinski definition) is 1. The summed E-state index contributed by atoms with van der Waals surface area (Å²) in [5, 5.41) is 7.17. The topological polar surface area (TPSA) is 63.8 Å². The van der Waals surface area contributed by atoms with Crippen LogP contribution in [0.3, 0.4) is 0 Å². The molecule has 2 heterocycles. The number of rotatable bonds is 4. The maximum atomic E-state index is 5.02. The van der Waals surface area contributed by atoms with E-state index >= 15 is 0 Å². The minimum absolute atomic E-state index is 0.539. The minimum Gasteiger partial charge on any atom is -0.364 e. The van der Waals surface area contributed by atoms with Crippen LogP contribution in [0.4, 0.5) is 5.82 Å². The van der Waals surface area contributed by atoms with Gasteiger partial charge in [-0.25, -0.2) is 9.97 Å². The van der Waals surface area contributed by atoms with Gasteiger partial charge in [-0.05, 0) is 35.7 Å². The maximum Gasteiger partial charge on any atom is 0.135 e. The van der Waals surface area contributed by atoms with Crippen molar-refractivity contribution in [3.05, 3.63) is 34.0 Å². The molecule has 3 rings (SSSR count). The van der Waals surface area contributed by atoms with Gasteiger partial charge in [0.05, 0.1) is 6.54 Å². The Morgan fingerprint density at radius 1 is 1.39 bits per heavy atom. The first-order valence-corrected chi connectivity index (χ1v) is 6.70. The predicted molar refractivity (Wildman–Crippen MR) is 70.3 cm³/mol. The van der Waals surface area contributed by atoms with Gasteiger partial charge in [-0.15, -0.1) is 0 Å². The van der Waals surface area contributed by atoms with Crippen molar-refractivity contribution in [3.8, 4) is 0 Å². The summed E-state index contributed by atoms with van der Waals surface area (Å²) in [5.74, 6) is 3.09. The molecule has 0 aliphatic heterocycles.